The first-order valence-electron chi connectivity index (χ1n) is 7.34. The Morgan fingerprint density at radius 1 is 1.14 bits per heavy atom. The lowest BCUT2D eigenvalue weighted by Crippen LogP contribution is -2.41. The molecule has 1 aromatic carbocycles. The quantitative estimate of drug-likeness (QED) is 0.861. The van der Waals surface area contributed by atoms with Gasteiger partial charge in [-0.1, -0.05) is 38.1 Å². The highest BCUT2D eigenvalue weighted by atomic mass is 32.2. The van der Waals surface area contributed by atoms with Crippen molar-refractivity contribution in [2.45, 2.75) is 32.2 Å². The topological polar surface area (TPSA) is 58.6 Å². The molecular weight excluding hydrogens is 288 g/mol. The molecule has 21 heavy (non-hydrogen) atoms. The maximum Gasteiger partial charge on any atom is 0.218 e. The average molecular weight is 312 g/mol. The molecule has 1 heterocycles. The number of morpholine rings is 1. The Bertz CT molecular complexity index is 535. The predicted molar refractivity (Wildman–Crippen MR) is 83.4 cm³/mol. The summed E-state index contributed by atoms with van der Waals surface area (Å²) >= 11 is 0. The van der Waals surface area contributed by atoms with Gasteiger partial charge in [-0.15, -0.1) is 0 Å². The summed E-state index contributed by atoms with van der Waals surface area (Å²) in [6.07, 6.45) is 0. The molecule has 0 amide bonds. The largest absolute Gasteiger partial charge is 0.379 e. The Balaban J connectivity index is 1.95. The van der Waals surface area contributed by atoms with Gasteiger partial charge in [0.25, 0.3) is 0 Å². The van der Waals surface area contributed by atoms with Gasteiger partial charge in [-0.25, -0.2) is 8.42 Å². The highest BCUT2D eigenvalue weighted by molar-refractivity contribution is 7.88. The zero-order valence-corrected chi connectivity index (χ0v) is 13.5. The highest BCUT2D eigenvalue weighted by Crippen LogP contribution is 2.13. The average Bonchev–Trinajstić information content (AvgIpc) is 2.47. The predicted octanol–water partition coefficient (Wildman–Crippen LogP) is 1.35. The molecule has 5 nitrogen and oxygen atoms in total. The van der Waals surface area contributed by atoms with Crippen LogP contribution in [-0.4, -0.2) is 45.1 Å². The number of hydrogen-bond acceptors (Lipinski definition) is 4. The number of sulfonamides is 1. The summed E-state index contributed by atoms with van der Waals surface area (Å²) in [7, 11) is -3.24. The molecule has 0 saturated carbocycles. The van der Waals surface area contributed by atoms with E-state index >= 15 is 0 Å². The van der Waals surface area contributed by atoms with E-state index in [4.69, 9.17) is 4.74 Å². The van der Waals surface area contributed by atoms with Crippen molar-refractivity contribution in [3.63, 3.8) is 0 Å². The second-order valence-electron chi connectivity index (χ2n) is 5.62. The molecule has 1 saturated heterocycles. The Labute approximate surface area is 127 Å². The van der Waals surface area contributed by atoms with Gasteiger partial charge >= 0.3 is 0 Å². The van der Waals surface area contributed by atoms with Crippen LogP contribution in [0.2, 0.25) is 0 Å². The van der Waals surface area contributed by atoms with Crippen LogP contribution >= 0.6 is 0 Å². The first-order valence-corrected chi connectivity index (χ1v) is 8.95. The summed E-state index contributed by atoms with van der Waals surface area (Å²) < 4.78 is 31.3. The van der Waals surface area contributed by atoms with Crippen LogP contribution in [0, 0.1) is 0 Å². The van der Waals surface area contributed by atoms with Gasteiger partial charge in [-0.05, 0) is 11.1 Å². The molecule has 0 spiro atoms. The molecule has 0 aromatic heterocycles. The number of benzene rings is 1. The fourth-order valence-corrected chi connectivity index (χ4v) is 3.70. The van der Waals surface area contributed by atoms with Crippen molar-refractivity contribution in [2.24, 2.45) is 0 Å². The third kappa shape index (κ3) is 5.07. The Hall–Kier alpha value is -0.950. The standard InChI is InChI=1S/C15H24N2O3S/c1-13(2)16-11-14-3-5-15(6-4-14)12-21(18,19)17-7-9-20-10-8-17/h3-6,13,16H,7-12H2,1-2H3. The summed E-state index contributed by atoms with van der Waals surface area (Å²) in [5.74, 6) is 0.0604. The lowest BCUT2D eigenvalue weighted by Gasteiger charge is -2.26. The monoisotopic (exact) mass is 312 g/mol. The highest BCUT2D eigenvalue weighted by Gasteiger charge is 2.24. The minimum atomic E-state index is -3.24. The van der Waals surface area contributed by atoms with Crippen LogP contribution in [0.5, 0.6) is 0 Å². The van der Waals surface area contributed by atoms with Gasteiger partial charge in [0, 0.05) is 25.7 Å². The lowest BCUT2D eigenvalue weighted by molar-refractivity contribution is 0.0729. The second kappa shape index (κ2) is 7.35. The van der Waals surface area contributed by atoms with E-state index in [9.17, 15) is 8.42 Å². The van der Waals surface area contributed by atoms with Crippen molar-refractivity contribution < 1.29 is 13.2 Å². The molecule has 0 aliphatic carbocycles. The number of nitrogens with zero attached hydrogens (tertiary/aromatic N) is 1. The van der Waals surface area contributed by atoms with Gasteiger partial charge in [0.15, 0.2) is 0 Å². The maximum atomic E-state index is 12.3. The number of hydrogen-bond donors (Lipinski definition) is 1. The van der Waals surface area contributed by atoms with Gasteiger partial charge in [0.05, 0.1) is 19.0 Å². The summed E-state index contributed by atoms with van der Waals surface area (Å²) in [5.41, 5.74) is 1.99. The van der Waals surface area contributed by atoms with Gasteiger partial charge < -0.3 is 10.1 Å². The molecule has 118 valence electrons. The third-order valence-corrected chi connectivity index (χ3v) is 5.30. The normalized spacial score (nSPS) is 17.3. The van der Waals surface area contributed by atoms with Crippen molar-refractivity contribution in [3.8, 4) is 0 Å². The van der Waals surface area contributed by atoms with Gasteiger partial charge in [-0.3, -0.25) is 0 Å². The zero-order chi connectivity index (χ0) is 15.3. The summed E-state index contributed by atoms with van der Waals surface area (Å²) in [6.45, 7) is 6.89. The van der Waals surface area contributed by atoms with Crippen LogP contribution in [-0.2, 0) is 27.1 Å². The molecule has 0 bridgehead atoms. The van der Waals surface area contributed by atoms with Crippen molar-refractivity contribution in [3.05, 3.63) is 35.4 Å². The van der Waals surface area contributed by atoms with Gasteiger partial charge in [0.1, 0.15) is 0 Å². The van der Waals surface area contributed by atoms with E-state index in [0.29, 0.717) is 32.3 Å². The smallest absolute Gasteiger partial charge is 0.218 e. The van der Waals surface area contributed by atoms with Crippen molar-refractivity contribution >= 4 is 10.0 Å². The maximum absolute atomic E-state index is 12.3. The molecule has 0 radical (unpaired) electrons. The van der Waals surface area contributed by atoms with Crippen molar-refractivity contribution in [2.75, 3.05) is 26.3 Å². The van der Waals surface area contributed by atoms with E-state index in [1.807, 2.05) is 24.3 Å². The molecule has 0 atom stereocenters. The Kier molecular flexibility index (Phi) is 5.75. The molecule has 1 aliphatic heterocycles. The van der Waals surface area contributed by atoms with E-state index in [1.165, 1.54) is 4.31 Å². The minimum Gasteiger partial charge on any atom is -0.379 e. The van der Waals surface area contributed by atoms with E-state index < -0.39 is 10.0 Å². The van der Waals surface area contributed by atoms with E-state index in [2.05, 4.69) is 19.2 Å². The van der Waals surface area contributed by atoms with E-state index in [-0.39, 0.29) is 5.75 Å². The van der Waals surface area contributed by atoms with Gasteiger partial charge in [-0.2, -0.15) is 4.31 Å². The van der Waals surface area contributed by atoms with E-state index in [1.54, 1.807) is 0 Å². The molecule has 1 N–H and O–H groups in total. The van der Waals surface area contributed by atoms with Crippen molar-refractivity contribution in [1.82, 2.24) is 9.62 Å². The van der Waals surface area contributed by atoms with Crippen LogP contribution in [0.15, 0.2) is 24.3 Å². The minimum absolute atomic E-state index is 0.0604. The SMILES string of the molecule is CC(C)NCc1ccc(CS(=O)(=O)N2CCOCC2)cc1. The lowest BCUT2D eigenvalue weighted by atomic mass is 10.1. The fourth-order valence-electron chi connectivity index (χ4n) is 2.20. The van der Waals surface area contributed by atoms with Crippen molar-refractivity contribution in [1.29, 1.82) is 0 Å². The fraction of sp³-hybridized carbons (Fsp3) is 0.600. The summed E-state index contributed by atoms with van der Waals surface area (Å²) in [5, 5.41) is 3.34. The molecule has 1 aliphatic rings. The van der Waals surface area contributed by atoms with Crippen LogP contribution in [0.3, 0.4) is 0 Å². The summed E-state index contributed by atoms with van der Waals surface area (Å²) in [4.78, 5) is 0. The van der Waals surface area contributed by atoms with E-state index in [0.717, 1.165) is 17.7 Å². The van der Waals surface area contributed by atoms with Crippen LogP contribution in [0.25, 0.3) is 0 Å². The number of rotatable bonds is 6. The Morgan fingerprint density at radius 2 is 1.71 bits per heavy atom. The molecule has 1 aromatic rings. The first kappa shape index (κ1) is 16.4. The summed E-state index contributed by atoms with van der Waals surface area (Å²) in [6, 6.07) is 8.20. The molecule has 1 fully saturated rings. The molecule has 6 heteroatoms. The molecular formula is C15H24N2O3S. The van der Waals surface area contributed by atoms with Crippen LogP contribution < -0.4 is 5.32 Å². The van der Waals surface area contributed by atoms with Gasteiger partial charge in [0.2, 0.25) is 10.0 Å². The molecule has 2 rings (SSSR count). The first-order chi connectivity index (χ1) is 9.97. The zero-order valence-electron chi connectivity index (χ0n) is 12.7. The number of nitrogens with one attached hydrogen (secondary N) is 1. The Morgan fingerprint density at radius 3 is 2.29 bits per heavy atom. The van der Waals surface area contributed by atoms with Crippen LogP contribution in [0.1, 0.15) is 25.0 Å². The molecule has 0 unspecified atom stereocenters. The van der Waals surface area contributed by atoms with Crippen LogP contribution in [0.4, 0.5) is 0 Å². The second-order valence-corrected chi connectivity index (χ2v) is 7.59. The third-order valence-electron chi connectivity index (χ3n) is 3.45. The number of ether oxygens (including phenoxy) is 1.